The number of carbonyl (C=O) groups excluding carboxylic acids is 1. The molecule has 1 aliphatic heterocycles. The van der Waals surface area contributed by atoms with Crippen molar-refractivity contribution >= 4 is 17.7 Å². The third-order valence-electron chi connectivity index (χ3n) is 4.43. The van der Waals surface area contributed by atoms with E-state index in [9.17, 15) is 18.4 Å². The van der Waals surface area contributed by atoms with E-state index in [0.29, 0.717) is 16.6 Å². The second-order valence-corrected chi connectivity index (χ2v) is 8.54. The van der Waals surface area contributed by atoms with Gasteiger partial charge in [0, 0.05) is 35.9 Å². The number of carbonyl (C=O) groups is 1. The van der Waals surface area contributed by atoms with E-state index in [-0.39, 0.29) is 35.5 Å². The zero-order valence-corrected chi connectivity index (χ0v) is 16.2. The Morgan fingerprint density at radius 1 is 1.33 bits per heavy atom. The SMILES string of the molecule is CC(C)(C)c1cc(=O)n2c(n1)SC[C@H](C(=O)NCc1c(F)cccc1F)C2. The summed E-state index contributed by atoms with van der Waals surface area (Å²) in [5, 5.41) is 3.16. The van der Waals surface area contributed by atoms with Crippen molar-refractivity contribution < 1.29 is 13.6 Å². The normalized spacial score (nSPS) is 16.7. The number of thioether (sulfide) groups is 1. The molecule has 1 N–H and O–H groups in total. The number of fused-ring (bicyclic) bond motifs is 1. The minimum absolute atomic E-state index is 0.177. The van der Waals surface area contributed by atoms with Gasteiger partial charge in [-0.1, -0.05) is 38.6 Å². The summed E-state index contributed by atoms with van der Waals surface area (Å²) in [6.07, 6.45) is 0. The number of rotatable bonds is 3. The molecular formula is C19H21F2N3O2S. The molecule has 2 aromatic rings. The molecule has 0 fully saturated rings. The highest BCUT2D eigenvalue weighted by Gasteiger charge is 2.28. The van der Waals surface area contributed by atoms with E-state index in [0.717, 1.165) is 12.1 Å². The van der Waals surface area contributed by atoms with Gasteiger partial charge in [0.2, 0.25) is 5.91 Å². The molecule has 0 radical (unpaired) electrons. The van der Waals surface area contributed by atoms with E-state index in [1.807, 2.05) is 20.8 Å². The van der Waals surface area contributed by atoms with E-state index >= 15 is 0 Å². The molecule has 0 bridgehead atoms. The van der Waals surface area contributed by atoms with Gasteiger partial charge in [0.15, 0.2) is 5.16 Å². The first-order valence-corrected chi connectivity index (χ1v) is 9.61. The van der Waals surface area contributed by atoms with Gasteiger partial charge in [-0.25, -0.2) is 13.8 Å². The molecule has 3 rings (SSSR count). The van der Waals surface area contributed by atoms with Gasteiger partial charge < -0.3 is 5.32 Å². The Bertz CT molecular complexity index is 917. The maximum atomic E-state index is 13.7. The van der Waals surface area contributed by atoms with E-state index in [4.69, 9.17) is 0 Å². The molecule has 2 heterocycles. The van der Waals surface area contributed by atoms with Crippen molar-refractivity contribution in [2.75, 3.05) is 5.75 Å². The Labute approximate surface area is 160 Å². The molecule has 0 spiro atoms. The molecule has 0 saturated heterocycles. The number of halogens is 2. The number of aromatic nitrogens is 2. The Morgan fingerprint density at radius 3 is 2.63 bits per heavy atom. The fourth-order valence-corrected chi connectivity index (χ4v) is 3.87. The lowest BCUT2D eigenvalue weighted by molar-refractivity contribution is -0.125. The van der Waals surface area contributed by atoms with Crippen molar-refractivity contribution in [2.24, 2.45) is 5.92 Å². The van der Waals surface area contributed by atoms with Gasteiger partial charge in [-0.3, -0.25) is 14.2 Å². The molecule has 27 heavy (non-hydrogen) atoms. The van der Waals surface area contributed by atoms with Crippen LogP contribution in [-0.2, 0) is 23.3 Å². The number of amides is 1. The number of benzene rings is 1. The molecule has 1 aliphatic rings. The van der Waals surface area contributed by atoms with E-state index in [2.05, 4.69) is 10.3 Å². The molecule has 144 valence electrons. The van der Waals surface area contributed by atoms with Crippen molar-refractivity contribution in [3.63, 3.8) is 0 Å². The Hall–Kier alpha value is -2.22. The summed E-state index contributed by atoms with van der Waals surface area (Å²) in [5.41, 5.74) is 0.0931. The first-order valence-electron chi connectivity index (χ1n) is 8.62. The summed E-state index contributed by atoms with van der Waals surface area (Å²) >= 11 is 1.34. The largest absolute Gasteiger partial charge is 0.351 e. The predicted molar refractivity (Wildman–Crippen MR) is 99.6 cm³/mol. The highest BCUT2D eigenvalue weighted by Crippen LogP contribution is 2.28. The maximum absolute atomic E-state index is 13.7. The van der Waals surface area contributed by atoms with Crippen LogP contribution in [0.1, 0.15) is 32.0 Å². The van der Waals surface area contributed by atoms with Gasteiger partial charge in [-0.15, -0.1) is 0 Å². The van der Waals surface area contributed by atoms with Crippen LogP contribution in [0.3, 0.4) is 0 Å². The smallest absolute Gasteiger partial charge is 0.254 e. The second kappa shape index (κ2) is 7.42. The third-order valence-corrected chi connectivity index (χ3v) is 5.57. The van der Waals surface area contributed by atoms with Gasteiger partial charge in [0.05, 0.1) is 11.6 Å². The third kappa shape index (κ3) is 4.21. The second-order valence-electron chi connectivity index (χ2n) is 7.55. The van der Waals surface area contributed by atoms with Crippen LogP contribution in [-0.4, -0.2) is 21.2 Å². The van der Waals surface area contributed by atoms with Gasteiger partial charge >= 0.3 is 0 Å². The summed E-state index contributed by atoms with van der Waals surface area (Å²) in [6, 6.07) is 5.07. The first kappa shape index (κ1) is 19.5. The van der Waals surface area contributed by atoms with Crippen LogP contribution in [0.2, 0.25) is 0 Å². The van der Waals surface area contributed by atoms with Crippen molar-refractivity contribution in [3.8, 4) is 0 Å². The highest BCUT2D eigenvalue weighted by molar-refractivity contribution is 7.99. The lowest BCUT2D eigenvalue weighted by atomic mass is 9.92. The standard InChI is InChI=1S/C19H21F2N3O2S/c1-19(2,3)15-7-16(25)24-9-11(10-27-18(24)23-15)17(26)22-8-12-13(20)5-4-6-14(12)21/h4-7,11H,8-10H2,1-3H3,(H,22,26)/t11-/m1/s1. The predicted octanol–water partition coefficient (Wildman–Crippen LogP) is 2.86. The van der Waals surface area contributed by atoms with Crippen molar-refractivity contribution in [2.45, 2.75) is 44.4 Å². The molecule has 0 unspecified atom stereocenters. The summed E-state index contributed by atoms with van der Waals surface area (Å²) < 4.78 is 28.8. The lowest BCUT2D eigenvalue weighted by Gasteiger charge is -2.26. The molecule has 5 nitrogen and oxygen atoms in total. The fraction of sp³-hybridized carbons (Fsp3) is 0.421. The van der Waals surface area contributed by atoms with Crippen LogP contribution < -0.4 is 10.9 Å². The van der Waals surface area contributed by atoms with Crippen LogP contribution in [0, 0.1) is 17.6 Å². The van der Waals surface area contributed by atoms with Crippen molar-refractivity contribution in [1.29, 1.82) is 0 Å². The van der Waals surface area contributed by atoms with E-state index in [1.54, 1.807) is 0 Å². The molecule has 8 heteroatoms. The molecule has 1 aromatic carbocycles. The Kier molecular flexibility index (Phi) is 5.37. The summed E-state index contributed by atoms with van der Waals surface area (Å²) in [6.45, 7) is 5.91. The van der Waals surface area contributed by atoms with Gasteiger partial charge in [0.25, 0.3) is 5.56 Å². The summed E-state index contributed by atoms with van der Waals surface area (Å²) in [5.74, 6) is -1.77. The zero-order valence-electron chi connectivity index (χ0n) is 15.4. The van der Waals surface area contributed by atoms with Crippen LogP contribution >= 0.6 is 11.8 Å². The summed E-state index contributed by atoms with van der Waals surface area (Å²) in [4.78, 5) is 29.4. The average molecular weight is 393 g/mol. The van der Waals surface area contributed by atoms with Crippen LogP contribution in [0.25, 0.3) is 0 Å². The fourth-order valence-electron chi connectivity index (χ4n) is 2.78. The first-order chi connectivity index (χ1) is 12.7. The topological polar surface area (TPSA) is 64.0 Å². The van der Waals surface area contributed by atoms with E-state index in [1.165, 1.54) is 28.5 Å². The average Bonchev–Trinajstić information content (AvgIpc) is 2.60. The molecule has 0 aliphatic carbocycles. The number of hydrogen-bond acceptors (Lipinski definition) is 4. The zero-order chi connectivity index (χ0) is 19.8. The van der Waals surface area contributed by atoms with Gasteiger partial charge in [0.1, 0.15) is 11.6 Å². The lowest BCUT2D eigenvalue weighted by Crippen LogP contribution is -2.40. The number of nitrogens with one attached hydrogen (secondary N) is 1. The van der Waals surface area contributed by atoms with Gasteiger partial charge in [-0.2, -0.15) is 0 Å². The monoisotopic (exact) mass is 393 g/mol. The van der Waals surface area contributed by atoms with Gasteiger partial charge in [-0.05, 0) is 12.1 Å². The Morgan fingerprint density at radius 2 is 2.00 bits per heavy atom. The highest BCUT2D eigenvalue weighted by atomic mass is 32.2. The van der Waals surface area contributed by atoms with Crippen LogP contribution in [0.4, 0.5) is 8.78 Å². The minimum Gasteiger partial charge on any atom is -0.351 e. The van der Waals surface area contributed by atoms with Crippen LogP contribution in [0.15, 0.2) is 34.2 Å². The Balaban J connectivity index is 1.72. The molecular weight excluding hydrogens is 372 g/mol. The molecule has 0 saturated carbocycles. The van der Waals surface area contributed by atoms with Crippen molar-refractivity contribution in [3.05, 3.63) is 57.5 Å². The van der Waals surface area contributed by atoms with Crippen molar-refractivity contribution in [1.82, 2.24) is 14.9 Å². The minimum atomic E-state index is -0.700. The maximum Gasteiger partial charge on any atom is 0.254 e. The quantitative estimate of drug-likeness (QED) is 0.815. The number of hydrogen-bond donors (Lipinski definition) is 1. The van der Waals surface area contributed by atoms with E-state index < -0.39 is 17.6 Å². The molecule has 1 atom stereocenters. The summed E-state index contributed by atoms with van der Waals surface area (Å²) in [7, 11) is 0. The van der Waals surface area contributed by atoms with Crippen LogP contribution in [0.5, 0.6) is 0 Å². The molecule has 1 aromatic heterocycles. The molecule has 1 amide bonds. The number of nitrogens with zero attached hydrogens (tertiary/aromatic N) is 2.